The molecule has 6 N–H and O–H groups in total. The number of carboxylic acid groups (broad SMARTS) is 1. The second-order valence-corrected chi connectivity index (χ2v) is 10.2. The minimum Gasteiger partial charge on any atom is -0.481 e. The summed E-state index contributed by atoms with van der Waals surface area (Å²) in [5.41, 5.74) is 5.27. The summed E-state index contributed by atoms with van der Waals surface area (Å²) < 4.78 is 0. The van der Waals surface area contributed by atoms with E-state index in [0.717, 1.165) is 25.7 Å². The van der Waals surface area contributed by atoms with Crippen LogP contribution in [-0.2, 0) is 28.8 Å². The van der Waals surface area contributed by atoms with E-state index in [0.29, 0.717) is 25.8 Å². The Balaban J connectivity index is 2.78. The molecule has 0 spiro atoms. The van der Waals surface area contributed by atoms with E-state index >= 15 is 0 Å². The lowest BCUT2D eigenvalue weighted by molar-refractivity contribution is -0.142. The molecular weight excluding hydrogens is 494 g/mol. The number of likely N-dealkylation sites (tertiary alicyclic amines) is 1. The van der Waals surface area contributed by atoms with Gasteiger partial charge in [-0.1, -0.05) is 45.4 Å². The van der Waals surface area contributed by atoms with Crippen LogP contribution in [0.5, 0.6) is 0 Å². The number of nitrogens with two attached hydrogens (primary N) is 1. The number of aliphatic carboxylic acids is 1. The quantitative estimate of drug-likeness (QED) is 0.160. The highest BCUT2D eigenvalue weighted by Gasteiger charge is 2.36. The number of nitrogens with zero attached hydrogens (tertiary/aromatic N) is 1. The van der Waals surface area contributed by atoms with Crippen molar-refractivity contribution in [1.82, 2.24) is 20.9 Å². The Bertz CT molecular complexity index is 833. The summed E-state index contributed by atoms with van der Waals surface area (Å²) >= 11 is 0. The van der Waals surface area contributed by atoms with Crippen molar-refractivity contribution < 1.29 is 33.9 Å². The molecule has 3 atom stereocenters. The Labute approximate surface area is 224 Å². The number of carboxylic acids is 1. The lowest BCUT2D eigenvalue weighted by Gasteiger charge is -2.27. The molecule has 0 radical (unpaired) electrons. The molecule has 0 aliphatic carbocycles. The van der Waals surface area contributed by atoms with Crippen molar-refractivity contribution in [2.75, 3.05) is 6.54 Å². The van der Waals surface area contributed by atoms with Crippen LogP contribution in [0.3, 0.4) is 0 Å². The van der Waals surface area contributed by atoms with Crippen LogP contribution < -0.4 is 21.7 Å². The van der Waals surface area contributed by atoms with E-state index in [1.165, 1.54) is 24.2 Å². The van der Waals surface area contributed by atoms with E-state index in [1.807, 2.05) is 0 Å². The van der Waals surface area contributed by atoms with Crippen molar-refractivity contribution in [3.63, 3.8) is 0 Å². The Morgan fingerprint density at radius 3 is 2.03 bits per heavy atom. The third kappa shape index (κ3) is 12.4. The van der Waals surface area contributed by atoms with Gasteiger partial charge in [-0.05, 0) is 33.1 Å². The fourth-order valence-corrected chi connectivity index (χ4v) is 4.43. The predicted octanol–water partition coefficient (Wildman–Crippen LogP) is 0.962. The monoisotopic (exact) mass is 539 g/mol. The number of carbonyl (C=O) groups excluding carboxylic acids is 5. The average Bonchev–Trinajstić information content (AvgIpc) is 3.31. The second kappa shape index (κ2) is 17.4. The normalized spacial score (nSPS) is 16.5. The van der Waals surface area contributed by atoms with Crippen LogP contribution in [0, 0.1) is 0 Å². The van der Waals surface area contributed by atoms with Crippen molar-refractivity contribution in [2.24, 2.45) is 5.73 Å². The molecule has 1 fully saturated rings. The van der Waals surface area contributed by atoms with Crippen LogP contribution in [0.25, 0.3) is 0 Å². The van der Waals surface area contributed by atoms with Gasteiger partial charge in [-0.25, -0.2) is 0 Å². The van der Waals surface area contributed by atoms with Crippen LogP contribution in [0.4, 0.5) is 0 Å². The van der Waals surface area contributed by atoms with Crippen LogP contribution in [0.15, 0.2) is 0 Å². The van der Waals surface area contributed by atoms with Crippen molar-refractivity contribution >= 4 is 35.5 Å². The van der Waals surface area contributed by atoms with Gasteiger partial charge in [0.2, 0.25) is 29.5 Å². The van der Waals surface area contributed by atoms with Gasteiger partial charge in [-0.3, -0.25) is 28.8 Å². The molecule has 38 heavy (non-hydrogen) atoms. The summed E-state index contributed by atoms with van der Waals surface area (Å²) in [4.78, 5) is 75.5. The number of amides is 5. The van der Waals surface area contributed by atoms with E-state index in [4.69, 9.17) is 10.8 Å². The molecule has 1 heterocycles. The molecule has 0 aromatic heterocycles. The molecule has 1 aliphatic heterocycles. The molecule has 5 amide bonds. The minimum atomic E-state index is -1.43. The molecule has 12 nitrogen and oxygen atoms in total. The summed E-state index contributed by atoms with van der Waals surface area (Å²) in [6, 6.07) is -3.93. The Kier molecular flexibility index (Phi) is 15.0. The lowest BCUT2D eigenvalue weighted by atomic mass is 10.1. The maximum atomic E-state index is 13.1. The van der Waals surface area contributed by atoms with E-state index in [1.54, 1.807) is 13.8 Å². The van der Waals surface area contributed by atoms with Gasteiger partial charge in [-0.2, -0.15) is 0 Å². The number of unbranched alkanes of at least 4 members (excludes halogenated alkanes) is 6. The fourth-order valence-electron chi connectivity index (χ4n) is 4.43. The standard InChI is InChI=1S/C26H45N5O7/c1-4-5-6-7-8-9-10-13-22(33)31-14-11-12-20(31)26(38)30-18(15-21(27)32)25(37)29-19(16-23(34)35)24(36)28-17(2)3/h17-20H,4-16H2,1-3H3,(H2,27,32)(H,28,36)(H,29,37)(H,30,38)(H,34,35). The number of primary amides is 1. The zero-order valence-electron chi connectivity index (χ0n) is 22.9. The molecule has 1 saturated heterocycles. The van der Waals surface area contributed by atoms with Gasteiger partial charge >= 0.3 is 5.97 Å². The number of rotatable bonds is 18. The molecule has 1 rings (SSSR count). The van der Waals surface area contributed by atoms with Gasteiger partial charge in [0.05, 0.1) is 12.8 Å². The summed E-state index contributed by atoms with van der Waals surface area (Å²) in [7, 11) is 0. The Hall–Kier alpha value is -3.18. The molecular formula is C26H45N5O7. The van der Waals surface area contributed by atoms with Crippen molar-refractivity contribution in [1.29, 1.82) is 0 Å². The topological polar surface area (TPSA) is 188 Å². The number of carbonyl (C=O) groups is 6. The molecule has 12 heteroatoms. The van der Waals surface area contributed by atoms with E-state index < -0.39 is 60.6 Å². The van der Waals surface area contributed by atoms with Gasteiger partial charge in [0, 0.05) is 19.0 Å². The first-order chi connectivity index (χ1) is 18.0. The van der Waals surface area contributed by atoms with Gasteiger partial charge in [-0.15, -0.1) is 0 Å². The highest BCUT2D eigenvalue weighted by molar-refractivity contribution is 5.97. The molecule has 0 bridgehead atoms. The van der Waals surface area contributed by atoms with Crippen LogP contribution >= 0.6 is 0 Å². The van der Waals surface area contributed by atoms with Crippen molar-refractivity contribution in [3.05, 3.63) is 0 Å². The number of nitrogens with one attached hydrogen (secondary N) is 3. The third-order valence-corrected chi connectivity index (χ3v) is 6.35. The first-order valence-corrected chi connectivity index (χ1v) is 13.7. The first-order valence-electron chi connectivity index (χ1n) is 13.7. The molecule has 216 valence electrons. The van der Waals surface area contributed by atoms with Gasteiger partial charge in [0.1, 0.15) is 18.1 Å². The summed E-state index contributed by atoms with van der Waals surface area (Å²) in [6.45, 7) is 5.94. The summed E-state index contributed by atoms with van der Waals surface area (Å²) in [5.74, 6) is -4.53. The van der Waals surface area contributed by atoms with Crippen LogP contribution in [0.2, 0.25) is 0 Å². The Morgan fingerprint density at radius 2 is 1.45 bits per heavy atom. The van der Waals surface area contributed by atoms with E-state index in [2.05, 4.69) is 22.9 Å². The van der Waals surface area contributed by atoms with Crippen molar-refractivity contribution in [3.8, 4) is 0 Å². The maximum absolute atomic E-state index is 13.1. The summed E-state index contributed by atoms with van der Waals surface area (Å²) in [6.07, 6.45) is 7.62. The molecule has 1 aliphatic rings. The molecule has 0 saturated carbocycles. The zero-order chi connectivity index (χ0) is 28.7. The van der Waals surface area contributed by atoms with Gasteiger partial charge in [0.25, 0.3) is 0 Å². The predicted molar refractivity (Wildman–Crippen MR) is 141 cm³/mol. The molecule has 0 aromatic rings. The fraction of sp³-hybridized carbons (Fsp3) is 0.769. The average molecular weight is 540 g/mol. The van der Waals surface area contributed by atoms with Gasteiger partial charge in [0.15, 0.2) is 0 Å². The lowest BCUT2D eigenvalue weighted by Crippen LogP contribution is -2.57. The summed E-state index contributed by atoms with van der Waals surface area (Å²) in [5, 5.41) is 16.5. The number of hydrogen-bond acceptors (Lipinski definition) is 6. The van der Waals surface area contributed by atoms with Crippen LogP contribution in [0.1, 0.15) is 97.8 Å². The van der Waals surface area contributed by atoms with E-state index in [9.17, 15) is 28.8 Å². The second-order valence-electron chi connectivity index (χ2n) is 10.2. The molecule has 0 aromatic carbocycles. The first kappa shape index (κ1) is 32.8. The third-order valence-electron chi connectivity index (χ3n) is 6.35. The number of hydrogen-bond donors (Lipinski definition) is 5. The van der Waals surface area contributed by atoms with Crippen molar-refractivity contribution in [2.45, 2.75) is 122 Å². The minimum absolute atomic E-state index is 0.126. The largest absolute Gasteiger partial charge is 0.481 e. The maximum Gasteiger partial charge on any atom is 0.305 e. The highest BCUT2D eigenvalue weighted by Crippen LogP contribution is 2.20. The zero-order valence-corrected chi connectivity index (χ0v) is 22.9. The smallest absolute Gasteiger partial charge is 0.305 e. The highest BCUT2D eigenvalue weighted by atomic mass is 16.4. The SMILES string of the molecule is CCCCCCCCCC(=O)N1CCCC1C(=O)NC(CC(N)=O)C(=O)NC(CC(=O)O)C(=O)NC(C)C. The Morgan fingerprint density at radius 1 is 0.868 bits per heavy atom. The van der Waals surface area contributed by atoms with E-state index in [-0.39, 0.29) is 11.9 Å². The molecule has 3 unspecified atom stereocenters. The van der Waals surface area contributed by atoms with Crippen LogP contribution in [-0.4, -0.2) is 76.2 Å². The van der Waals surface area contributed by atoms with Gasteiger partial charge < -0.3 is 31.7 Å².